The van der Waals surface area contributed by atoms with E-state index in [4.69, 9.17) is 4.98 Å². The zero-order chi connectivity index (χ0) is 15.6. The van der Waals surface area contributed by atoms with Gasteiger partial charge in [0.2, 0.25) is 0 Å². The molecule has 1 heterocycles. The molecule has 1 aromatic heterocycles. The van der Waals surface area contributed by atoms with Gasteiger partial charge in [-0.1, -0.05) is 30.7 Å². The molecule has 0 bridgehead atoms. The predicted molar refractivity (Wildman–Crippen MR) is 92.3 cm³/mol. The highest BCUT2D eigenvalue weighted by atomic mass is 32.1. The second-order valence-corrected chi connectivity index (χ2v) is 7.26. The van der Waals surface area contributed by atoms with Crippen LogP contribution < -0.4 is 5.32 Å². The lowest BCUT2D eigenvalue weighted by molar-refractivity contribution is 0.524. The quantitative estimate of drug-likeness (QED) is 0.864. The Morgan fingerprint density at radius 1 is 1.19 bits per heavy atom. The molecule has 0 saturated heterocycles. The second kappa shape index (κ2) is 6.71. The largest absolute Gasteiger partial charge is 0.302 e. The van der Waals surface area contributed by atoms with Crippen molar-refractivity contribution in [2.75, 3.05) is 0 Å². The average molecular weight is 302 g/mol. The van der Waals surface area contributed by atoms with Crippen LogP contribution in [0.1, 0.15) is 59.1 Å². The van der Waals surface area contributed by atoms with Gasteiger partial charge in [0, 0.05) is 10.9 Å². The number of aryl methyl sites for hydroxylation is 4. The van der Waals surface area contributed by atoms with E-state index in [-0.39, 0.29) is 6.04 Å². The Kier molecular flexibility index (Phi) is 5.17. The lowest BCUT2D eigenvalue weighted by Gasteiger charge is -2.22. The lowest BCUT2D eigenvalue weighted by Crippen LogP contribution is -2.29. The molecule has 0 aliphatic rings. The zero-order valence-corrected chi connectivity index (χ0v) is 14.8. The fourth-order valence-corrected chi connectivity index (χ4v) is 3.77. The van der Waals surface area contributed by atoms with Gasteiger partial charge >= 0.3 is 0 Å². The minimum atomic E-state index is 0.189. The van der Waals surface area contributed by atoms with E-state index in [1.807, 2.05) is 11.3 Å². The molecule has 0 amide bonds. The summed E-state index contributed by atoms with van der Waals surface area (Å²) in [7, 11) is 0. The van der Waals surface area contributed by atoms with E-state index < -0.39 is 0 Å². The molecule has 0 fully saturated rings. The average Bonchev–Trinajstić information content (AvgIpc) is 2.77. The minimum absolute atomic E-state index is 0.189. The molecule has 2 nitrogen and oxygen atoms in total. The molecule has 114 valence electrons. The summed E-state index contributed by atoms with van der Waals surface area (Å²) >= 11 is 1.82. The number of nitrogens with zero attached hydrogens (tertiary/aromatic N) is 1. The van der Waals surface area contributed by atoms with Crippen LogP contribution in [-0.4, -0.2) is 11.0 Å². The van der Waals surface area contributed by atoms with Gasteiger partial charge in [-0.25, -0.2) is 4.98 Å². The van der Waals surface area contributed by atoms with Gasteiger partial charge in [0.1, 0.15) is 5.01 Å². The van der Waals surface area contributed by atoms with Gasteiger partial charge < -0.3 is 5.32 Å². The minimum Gasteiger partial charge on any atom is -0.302 e. The van der Waals surface area contributed by atoms with Gasteiger partial charge in [-0.2, -0.15) is 0 Å². The summed E-state index contributed by atoms with van der Waals surface area (Å²) in [5, 5.41) is 4.87. The van der Waals surface area contributed by atoms with Gasteiger partial charge in [-0.3, -0.25) is 0 Å². The zero-order valence-electron chi connectivity index (χ0n) is 13.9. The Bertz CT molecular complexity index is 614. The van der Waals surface area contributed by atoms with E-state index in [0.29, 0.717) is 6.04 Å². The van der Waals surface area contributed by atoms with Crippen LogP contribution in [0.2, 0.25) is 0 Å². The van der Waals surface area contributed by atoms with Gasteiger partial charge in [0.25, 0.3) is 0 Å². The van der Waals surface area contributed by atoms with E-state index in [9.17, 15) is 0 Å². The third-order valence-corrected chi connectivity index (χ3v) is 4.81. The van der Waals surface area contributed by atoms with Crippen LogP contribution >= 0.6 is 11.3 Å². The van der Waals surface area contributed by atoms with Crippen molar-refractivity contribution in [2.45, 2.75) is 60.0 Å². The molecule has 1 atom stereocenters. The summed E-state index contributed by atoms with van der Waals surface area (Å²) in [6.45, 7) is 13.1. The summed E-state index contributed by atoms with van der Waals surface area (Å²) in [5.41, 5.74) is 5.21. The number of hydrogen-bond acceptors (Lipinski definition) is 3. The van der Waals surface area contributed by atoms with Crippen LogP contribution in [0.15, 0.2) is 18.2 Å². The highest BCUT2D eigenvalue weighted by molar-refractivity contribution is 7.11. The molecule has 3 heteroatoms. The molecule has 2 aromatic rings. The predicted octanol–water partition coefficient (Wildman–Crippen LogP) is 4.72. The van der Waals surface area contributed by atoms with E-state index in [1.165, 1.54) is 32.3 Å². The molecular weight excluding hydrogens is 276 g/mol. The first-order chi connectivity index (χ1) is 9.92. The smallest absolute Gasteiger partial charge is 0.115 e. The fourth-order valence-electron chi connectivity index (χ4n) is 2.68. The van der Waals surface area contributed by atoms with Gasteiger partial charge in [-0.05, 0) is 52.2 Å². The molecular formula is C18H26N2S. The molecule has 0 spiro atoms. The van der Waals surface area contributed by atoms with E-state index in [2.05, 4.69) is 65.1 Å². The van der Waals surface area contributed by atoms with Crippen LogP contribution in [0.5, 0.6) is 0 Å². The topological polar surface area (TPSA) is 24.9 Å². The van der Waals surface area contributed by atoms with Crippen LogP contribution in [0.4, 0.5) is 0 Å². The van der Waals surface area contributed by atoms with Crippen molar-refractivity contribution >= 4 is 11.3 Å². The number of thiazole rings is 1. The molecule has 1 aromatic carbocycles. The maximum atomic E-state index is 4.88. The van der Waals surface area contributed by atoms with Crippen molar-refractivity contribution in [3.8, 4) is 0 Å². The number of hydrogen-bond donors (Lipinski definition) is 1. The molecule has 1 unspecified atom stereocenters. The van der Waals surface area contributed by atoms with E-state index in [0.717, 1.165) is 6.42 Å². The molecule has 0 aliphatic carbocycles. The number of rotatable bonds is 5. The Hall–Kier alpha value is -1.19. The van der Waals surface area contributed by atoms with Crippen molar-refractivity contribution in [2.24, 2.45) is 0 Å². The van der Waals surface area contributed by atoms with Gasteiger partial charge in [0.05, 0.1) is 11.7 Å². The first kappa shape index (κ1) is 16.2. The van der Waals surface area contributed by atoms with Crippen LogP contribution in [0, 0.1) is 20.8 Å². The Morgan fingerprint density at radius 3 is 2.43 bits per heavy atom. The van der Waals surface area contributed by atoms with Crippen LogP contribution in [0.25, 0.3) is 0 Å². The summed E-state index contributed by atoms with van der Waals surface area (Å²) in [6.07, 6.45) is 1.00. The van der Waals surface area contributed by atoms with Crippen molar-refractivity contribution in [3.63, 3.8) is 0 Å². The lowest BCUT2D eigenvalue weighted by atomic mass is 9.99. The van der Waals surface area contributed by atoms with E-state index >= 15 is 0 Å². The third kappa shape index (κ3) is 3.72. The monoisotopic (exact) mass is 302 g/mol. The standard InChI is InChI=1S/C18H26N2S/c1-7-16-14(6)21-18(20-16)17(19-11(2)3)15-9-8-12(4)10-13(15)5/h8-11,17,19H,7H2,1-6H3. The van der Waals surface area contributed by atoms with Gasteiger partial charge in [-0.15, -0.1) is 11.3 Å². The summed E-state index contributed by atoms with van der Waals surface area (Å²) in [6, 6.07) is 7.30. The molecule has 1 N–H and O–H groups in total. The molecule has 0 aliphatic heterocycles. The SMILES string of the molecule is CCc1nc(C(NC(C)C)c2ccc(C)cc2C)sc1C. The van der Waals surface area contributed by atoms with Crippen molar-refractivity contribution in [1.82, 2.24) is 10.3 Å². The molecule has 0 radical (unpaired) electrons. The third-order valence-electron chi connectivity index (χ3n) is 3.73. The first-order valence-electron chi connectivity index (χ1n) is 7.71. The summed E-state index contributed by atoms with van der Waals surface area (Å²) in [4.78, 5) is 6.22. The number of nitrogens with one attached hydrogen (secondary N) is 1. The first-order valence-corrected chi connectivity index (χ1v) is 8.53. The van der Waals surface area contributed by atoms with E-state index in [1.54, 1.807) is 0 Å². The van der Waals surface area contributed by atoms with Crippen molar-refractivity contribution in [3.05, 3.63) is 50.5 Å². The highest BCUT2D eigenvalue weighted by Crippen LogP contribution is 2.31. The van der Waals surface area contributed by atoms with Crippen LogP contribution in [0.3, 0.4) is 0 Å². The molecule has 0 saturated carbocycles. The number of aromatic nitrogens is 1. The van der Waals surface area contributed by atoms with Crippen molar-refractivity contribution in [1.29, 1.82) is 0 Å². The normalized spacial score (nSPS) is 12.9. The molecule has 21 heavy (non-hydrogen) atoms. The Morgan fingerprint density at radius 2 is 1.90 bits per heavy atom. The second-order valence-electron chi connectivity index (χ2n) is 6.02. The van der Waals surface area contributed by atoms with Crippen LogP contribution in [-0.2, 0) is 6.42 Å². The summed E-state index contributed by atoms with van der Waals surface area (Å²) in [5.74, 6) is 0. The van der Waals surface area contributed by atoms with Crippen molar-refractivity contribution < 1.29 is 0 Å². The summed E-state index contributed by atoms with van der Waals surface area (Å²) < 4.78 is 0. The van der Waals surface area contributed by atoms with Gasteiger partial charge in [0.15, 0.2) is 0 Å². The maximum Gasteiger partial charge on any atom is 0.115 e. The molecule has 2 rings (SSSR count). The highest BCUT2D eigenvalue weighted by Gasteiger charge is 2.21. The number of benzene rings is 1. The Balaban J connectivity index is 2.46. The maximum absolute atomic E-state index is 4.88. The fraction of sp³-hybridized carbons (Fsp3) is 0.500. The Labute approximate surface area is 132 Å².